The van der Waals surface area contributed by atoms with Gasteiger partial charge in [-0.1, -0.05) is 25.1 Å². The Hall–Kier alpha value is -1.26. The number of benzene rings is 1. The first-order valence-electron chi connectivity index (χ1n) is 5.81. The molecule has 0 aliphatic rings. The van der Waals surface area contributed by atoms with E-state index in [-0.39, 0.29) is 11.9 Å². The van der Waals surface area contributed by atoms with Gasteiger partial charge in [0.1, 0.15) is 5.82 Å². The van der Waals surface area contributed by atoms with Crippen LogP contribution in [0.1, 0.15) is 24.1 Å². The van der Waals surface area contributed by atoms with Crippen LogP contribution in [0.15, 0.2) is 47.2 Å². The highest BCUT2D eigenvalue weighted by molar-refractivity contribution is 9.10. The molecule has 0 aliphatic carbocycles. The number of halogens is 2. The molecule has 0 amide bonds. The summed E-state index contributed by atoms with van der Waals surface area (Å²) >= 11 is 3.31. The zero-order valence-corrected chi connectivity index (χ0v) is 11.6. The van der Waals surface area contributed by atoms with Crippen LogP contribution in [0.2, 0.25) is 0 Å². The van der Waals surface area contributed by atoms with Gasteiger partial charge >= 0.3 is 0 Å². The quantitative estimate of drug-likeness (QED) is 0.932. The van der Waals surface area contributed by atoms with Gasteiger partial charge < -0.3 is 5.32 Å². The van der Waals surface area contributed by atoms with Crippen molar-refractivity contribution in [3.63, 3.8) is 0 Å². The number of nitrogens with one attached hydrogen (secondary N) is 1. The lowest BCUT2D eigenvalue weighted by molar-refractivity contribution is 0.594. The second-order valence-corrected chi connectivity index (χ2v) is 4.71. The maximum absolute atomic E-state index is 13.6. The molecule has 0 saturated heterocycles. The van der Waals surface area contributed by atoms with Crippen molar-refractivity contribution >= 4 is 15.9 Å². The summed E-state index contributed by atoms with van der Waals surface area (Å²) in [5, 5.41) is 3.35. The summed E-state index contributed by atoms with van der Waals surface area (Å²) in [6, 6.07) is 8.88. The van der Waals surface area contributed by atoms with Crippen LogP contribution in [0.5, 0.6) is 0 Å². The SMILES string of the molecule is CCNC(c1cccnc1)c1cccc(F)c1Br. The van der Waals surface area contributed by atoms with Crippen LogP contribution in [0, 0.1) is 5.82 Å². The molecule has 0 bridgehead atoms. The molecular formula is C14H14BrFN2. The molecule has 1 aromatic heterocycles. The molecule has 1 atom stereocenters. The zero-order valence-electron chi connectivity index (χ0n) is 10.0. The Labute approximate surface area is 114 Å². The summed E-state index contributed by atoms with van der Waals surface area (Å²) in [6.07, 6.45) is 3.53. The number of pyridine rings is 1. The van der Waals surface area contributed by atoms with E-state index in [1.807, 2.05) is 25.1 Å². The summed E-state index contributed by atoms with van der Waals surface area (Å²) in [4.78, 5) is 4.12. The van der Waals surface area contributed by atoms with E-state index < -0.39 is 0 Å². The van der Waals surface area contributed by atoms with Gasteiger partial charge in [0.25, 0.3) is 0 Å². The Morgan fingerprint density at radius 2 is 2.17 bits per heavy atom. The van der Waals surface area contributed by atoms with Crippen molar-refractivity contribution in [1.29, 1.82) is 0 Å². The van der Waals surface area contributed by atoms with Crippen molar-refractivity contribution < 1.29 is 4.39 Å². The van der Waals surface area contributed by atoms with Crippen LogP contribution < -0.4 is 5.32 Å². The molecule has 4 heteroatoms. The fourth-order valence-electron chi connectivity index (χ4n) is 1.90. The Bertz CT molecular complexity index is 516. The fraction of sp³-hybridized carbons (Fsp3) is 0.214. The largest absolute Gasteiger partial charge is 0.306 e. The first kappa shape index (κ1) is 13.2. The number of nitrogens with zero attached hydrogens (tertiary/aromatic N) is 1. The molecule has 18 heavy (non-hydrogen) atoms. The lowest BCUT2D eigenvalue weighted by atomic mass is 10.00. The lowest BCUT2D eigenvalue weighted by Gasteiger charge is -2.20. The van der Waals surface area contributed by atoms with Crippen molar-refractivity contribution in [2.45, 2.75) is 13.0 Å². The summed E-state index contributed by atoms with van der Waals surface area (Å²) < 4.78 is 14.1. The van der Waals surface area contributed by atoms with E-state index in [0.717, 1.165) is 17.7 Å². The Morgan fingerprint density at radius 3 is 2.83 bits per heavy atom. The van der Waals surface area contributed by atoms with E-state index in [2.05, 4.69) is 26.2 Å². The fourth-order valence-corrected chi connectivity index (χ4v) is 2.39. The summed E-state index contributed by atoms with van der Waals surface area (Å²) in [5.74, 6) is -0.251. The second kappa shape index (κ2) is 6.07. The molecule has 1 N–H and O–H groups in total. The average molecular weight is 309 g/mol. The van der Waals surface area contributed by atoms with Crippen molar-refractivity contribution in [2.75, 3.05) is 6.54 Å². The van der Waals surface area contributed by atoms with Gasteiger partial charge in [0.2, 0.25) is 0 Å². The van der Waals surface area contributed by atoms with E-state index in [1.54, 1.807) is 18.5 Å². The number of rotatable bonds is 4. The summed E-state index contributed by atoms with van der Waals surface area (Å²) in [6.45, 7) is 2.82. The molecule has 0 fully saturated rings. The number of hydrogen-bond acceptors (Lipinski definition) is 2. The monoisotopic (exact) mass is 308 g/mol. The van der Waals surface area contributed by atoms with E-state index in [1.165, 1.54) is 6.07 Å². The van der Waals surface area contributed by atoms with E-state index in [4.69, 9.17) is 0 Å². The van der Waals surface area contributed by atoms with Crippen LogP contribution in [-0.4, -0.2) is 11.5 Å². The molecule has 1 unspecified atom stereocenters. The molecule has 0 spiro atoms. The first-order valence-corrected chi connectivity index (χ1v) is 6.60. The van der Waals surface area contributed by atoms with Gasteiger partial charge in [-0.25, -0.2) is 4.39 Å². The van der Waals surface area contributed by atoms with Gasteiger partial charge in [-0.2, -0.15) is 0 Å². The van der Waals surface area contributed by atoms with Crippen LogP contribution in [0.3, 0.4) is 0 Å². The number of aromatic nitrogens is 1. The Balaban J connectivity index is 2.45. The molecule has 0 saturated carbocycles. The maximum atomic E-state index is 13.6. The van der Waals surface area contributed by atoms with Gasteiger partial charge in [0, 0.05) is 12.4 Å². The summed E-state index contributed by atoms with van der Waals surface area (Å²) in [5.41, 5.74) is 1.90. The molecule has 2 aromatic rings. The van der Waals surface area contributed by atoms with Crippen LogP contribution in [-0.2, 0) is 0 Å². The lowest BCUT2D eigenvalue weighted by Crippen LogP contribution is -2.22. The van der Waals surface area contributed by atoms with Crippen molar-refractivity contribution in [3.8, 4) is 0 Å². The minimum Gasteiger partial charge on any atom is -0.306 e. The Kier molecular flexibility index (Phi) is 4.44. The van der Waals surface area contributed by atoms with Crippen molar-refractivity contribution in [1.82, 2.24) is 10.3 Å². The highest BCUT2D eigenvalue weighted by Gasteiger charge is 2.17. The molecular weight excluding hydrogens is 295 g/mol. The van der Waals surface area contributed by atoms with Crippen molar-refractivity contribution in [3.05, 3.63) is 64.1 Å². The minimum absolute atomic E-state index is 0.0613. The Morgan fingerprint density at radius 1 is 1.33 bits per heavy atom. The maximum Gasteiger partial charge on any atom is 0.137 e. The predicted octanol–water partition coefficient (Wildman–Crippen LogP) is 3.68. The minimum atomic E-state index is -0.251. The molecule has 1 heterocycles. The number of hydrogen-bond donors (Lipinski definition) is 1. The van der Waals surface area contributed by atoms with Crippen molar-refractivity contribution in [2.24, 2.45) is 0 Å². The molecule has 0 radical (unpaired) electrons. The second-order valence-electron chi connectivity index (χ2n) is 3.92. The molecule has 2 rings (SSSR count). The van der Waals surface area contributed by atoms with Gasteiger partial charge in [0.05, 0.1) is 10.5 Å². The third-order valence-electron chi connectivity index (χ3n) is 2.72. The van der Waals surface area contributed by atoms with Gasteiger partial charge in [-0.05, 0) is 45.7 Å². The molecule has 1 aromatic carbocycles. The average Bonchev–Trinajstić information content (AvgIpc) is 2.41. The highest BCUT2D eigenvalue weighted by Crippen LogP contribution is 2.29. The van der Waals surface area contributed by atoms with E-state index in [9.17, 15) is 4.39 Å². The normalized spacial score (nSPS) is 12.4. The summed E-state index contributed by atoms with van der Waals surface area (Å²) in [7, 11) is 0. The third-order valence-corrected chi connectivity index (χ3v) is 3.56. The molecule has 2 nitrogen and oxygen atoms in total. The molecule has 94 valence electrons. The van der Waals surface area contributed by atoms with Crippen LogP contribution >= 0.6 is 15.9 Å². The standard InChI is InChI=1S/C14H14BrFN2/c1-2-18-14(10-5-4-8-17-9-10)11-6-3-7-12(16)13(11)15/h3-9,14,18H,2H2,1H3. The zero-order chi connectivity index (χ0) is 13.0. The predicted molar refractivity (Wildman–Crippen MR) is 73.9 cm³/mol. The van der Waals surface area contributed by atoms with Gasteiger partial charge in [-0.15, -0.1) is 0 Å². The van der Waals surface area contributed by atoms with E-state index >= 15 is 0 Å². The van der Waals surface area contributed by atoms with E-state index in [0.29, 0.717) is 4.47 Å². The third kappa shape index (κ3) is 2.76. The topological polar surface area (TPSA) is 24.9 Å². The van der Waals surface area contributed by atoms with Gasteiger partial charge in [0.15, 0.2) is 0 Å². The van der Waals surface area contributed by atoms with Crippen LogP contribution in [0.4, 0.5) is 4.39 Å². The van der Waals surface area contributed by atoms with Crippen LogP contribution in [0.25, 0.3) is 0 Å². The highest BCUT2D eigenvalue weighted by atomic mass is 79.9. The van der Waals surface area contributed by atoms with Gasteiger partial charge in [-0.3, -0.25) is 4.98 Å². The molecule has 0 aliphatic heterocycles. The first-order chi connectivity index (χ1) is 8.74. The smallest absolute Gasteiger partial charge is 0.137 e.